The standard InChI is InChI=1S/C73H142O17P2/c1-7-9-11-41-49-55-70(75)83-61-68(89-72(77)57-51-42-12-10-8-2)63-87-91(79,80)85-59-67(74)60-86-92(81,82)88-64-69(90-73(78)58-52-46-40-36-32-28-24-20-16-14-18-22-26-30-34-38-44-48-54-66(5)6)62-84-71(76)56-50-45-39-35-31-27-23-19-15-13-17-21-25-29-33-37-43-47-53-65(3)4/h65-69,74H,7-64H2,1-6H3,(H,79,80)(H,81,82)/t67-,68+,69+/m0/s1. The van der Waals surface area contributed by atoms with E-state index in [9.17, 15) is 43.2 Å². The lowest BCUT2D eigenvalue weighted by Gasteiger charge is -2.21. The van der Waals surface area contributed by atoms with Crippen LogP contribution in [0.3, 0.4) is 0 Å². The van der Waals surface area contributed by atoms with Gasteiger partial charge < -0.3 is 33.8 Å². The summed E-state index contributed by atoms with van der Waals surface area (Å²) in [6.07, 6.45) is 52.5. The fraction of sp³-hybridized carbons (Fsp3) is 0.945. The van der Waals surface area contributed by atoms with Crippen molar-refractivity contribution in [3.8, 4) is 0 Å². The molecule has 0 heterocycles. The summed E-state index contributed by atoms with van der Waals surface area (Å²) >= 11 is 0. The quantitative estimate of drug-likeness (QED) is 0.0222. The molecule has 17 nitrogen and oxygen atoms in total. The fourth-order valence-corrected chi connectivity index (χ4v) is 12.7. The first-order chi connectivity index (χ1) is 44.4. The summed E-state index contributed by atoms with van der Waals surface area (Å²) in [5.74, 6) is -0.502. The number of hydrogen-bond donors (Lipinski definition) is 3. The van der Waals surface area contributed by atoms with Gasteiger partial charge in [0.25, 0.3) is 0 Å². The maximum atomic E-state index is 13.1. The number of phosphoric ester groups is 2. The highest BCUT2D eigenvalue weighted by molar-refractivity contribution is 7.47. The summed E-state index contributed by atoms with van der Waals surface area (Å²) in [5, 5.41) is 10.5. The Morgan fingerprint density at radius 3 is 0.739 bits per heavy atom. The molecular formula is C73H142O17P2. The van der Waals surface area contributed by atoms with E-state index in [0.717, 1.165) is 108 Å². The van der Waals surface area contributed by atoms with Crippen LogP contribution in [0.2, 0.25) is 0 Å². The molecule has 0 bridgehead atoms. The summed E-state index contributed by atoms with van der Waals surface area (Å²) < 4.78 is 67.8. The Kier molecular flexibility index (Phi) is 63.7. The van der Waals surface area contributed by atoms with E-state index in [1.807, 2.05) is 0 Å². The van der Waals surface area contributed by atoms with Gasteiger partial charge in [0.1, 0.15) is 19.3 Å². The number of rotatable bonds is 72. The van der Waals surface area contributed by atoms with Crippen molar-refractivity contribution in [3.63, 3.8) is 0 Å². The van der Waals surface area contributed by atoms with Crippen LogP contribution in [0.4, 0.5) is 0 Å². The average molecular weight is 1350 g/mol. The monoisotopic (exact) mass is 1350 g/mol. The lowest BCUT2D eigenvalue weighted by molar-refractivity contribution is -0.161. The predicted octanol–water partition coefficient (Wildman–Crippen LogP) is 21.2. The van der Waals surface area contributed by atoms with E-state index in [-0.39, 0.29) is 25.7 Å². The second-order valence-electron chi connectivity index (χ2n) is 27.3. The van der Waals surface area contributed by atoms with Crippen molar-refractivity contribution in [2.75, 3.05) is 39.6 Å². The highest BCUT2D eigenvalue weighted by atomic mass is 31.2. The van der Waals surface area contributed by atoms with E-state index < -0.39 is 97.5 Å². The maximum absolute atomic E-state index is 13.1. The Bertz CT molecular complexity index is 1790. The molecule has 92 heavy (non-hydrogen) atoms. The van der Waals surface area contributed by atoms with Crippen LogP contribution >= 0.6 is 15.6 Å². The Labute approximate surface area is 562 Å². The van der Waals surface area contributed by atoms with E-state index in [2.05, 4.69) is 41.5 Å². The zero-order valence-corrected chi connectivity index (χ0v) is 61.6. The van der Waals surface area contributed by atoms with Crippen LogP contribution in [0, 0.1) is 11.8 Å². The molecule has 2 unspecified atom stereocenters. The molecule has 0 amide bonds. The van der Waals surface area contributed by atoms with Gasteiger partial charge in [-0.1, -0.05) is 324 Å². The highest BCUT2D eigenvalue weighted by Gasteiger charge is 2.30. The first kappa shape index (κ1) is 90.1. The molecular weight excluding hydrogens is 1210 g/mol. The van der Waals surface area contributed by atoms with Crippen LogP contribution < -0.4 is 0 Å². The average Bonchev–Trinajstić information content (AvgIpc) is 3.10. The third kappa shape index (κ3) is 66.7. The van der Waals surface area contributed by atoms with E-state index in [4.69, 9.17) is 37.0 Å². The Balaban J connectivity index is 5.01. The molecule has 3 N–H and O–H groups in total. The lowest BCUT2D eigenvalue weighted by Crippen LogP contribution is -2.30. The first-order valence-electron chi connectivity index (χ1n) is 38.0. The van der Waals surface area contributed by atoms with E-state index in [0.29, 0.717) is 25.7 Å². The molecule has 0 saturated carbocycles. The van der Waals surface area contributed by atoms with Crippen molar-refractivity contribution < 1.29 is 80.2 Å². The molecule has 0 spiro atoms. The molecule has 546 valence electrons. The summed E-state index contributed by atoms with van der Waals surface area (Å²) in [4.78, 5) is 72.0. The fourth-order valence-electron chi connectivity index (χ4n) is 11.1. The smallest absolute Gasteiger partial charge is 0.462 e. The minimum Gasteiger partial charge on any atom is -0.462 e. The van der Waals surface area contributed by atoms with Gasteiger partial charge in [0, 0.05) is 25.7 Å². The molecule has 0 aromatic carbocycles. The zero-order chi connectivity index (χ0) is 67.9. The van der Waals surface area contributed by atoms with E-state index in [1.165, 1.54) is 186 Å². The number of esters is 4. The predicted molar refractivity (Wildman–Crippen MR) is 372 cm³/mol. The SMILES string of the molecule is CCCCCCCC(=O)OC[C@H](COP(=O)(O)OC[C@H](O)COP(=O)(O)OC[C@@H](COC(=O)CCCCCCCCCCCCCCCCCCCCC(C)C)OC(=O)CCCCCCCCCCCCCCCCCCCCC(C)C)OC(=O)CCCCCCC. The number of unbranched alkanes of at least 4 members (excludes halogenated alkanes) is 42. The molecule has 0 aromatic heterocycles. The van der Waals surface area contributed by atoms with Crippen molar-refractivity contribution >= 4 is 39.5 Å². The third-order valence-electron chi connectivity index (χ3n) is 17.0. The number of carbonyl (C=O) groups excluding carboxylic acids is 4. The van der Waals surface area contributed by atoms with Crippen molar-refractivity contribution in [2.24, 2.45) is 11.8 Å². The van der Waals surface area contributed by atoms with Crippen molar-refractivity contribution in [1.82, 2.24) is 0 Å². The molecule has 0 radical (unpaired) electrons. The van der Waals surface area contributed by atoms with Gasteiger partial charge in [0.15, 0.2) is 12.2 Å². The van der Waals surface area contributed by atoms with E-state index >= 15 is 0 Å². The summed E-state index contributed by atoms with van der Waals surface area (Å²) in [6.45, 7) is 9.45. The van der Waals surface area contributed by atoms with Gasteiger partial charge in [-0.15, -0.1) is 0 Å². The van der Waals surface area contributed by atoms with Gasteiger partial charge in [-0.3, -0.25) is 37.3 Å². The molecule has 0 saturated heterocycles. The van der Waals surface area contributed by atoms with E-state index in [1.54, 1.807) is 0 Å². The first-order valence-corrected chi connectivity index (χ1v) is 41.0. The third-order valence-corrected chi connectivity index (χ3v) is 18.9. The van der Waals surface area contributed by atoms with Crippen LogP contribution in [0.25, 0.3) is 0 Å². The number of hydrogen-bond acceptors (Lipinski definition) is 15. The minimum absolute atomic E-state index is 0.0989. The van der Waals surface area contributed by atoms with Crippen LogP contribution in [0.5, 0.6) is 0 Å². The normalized spacial score (nSPS) is 14.1. The molecule has 0 aliphatic rings. The van der Waals surface area contributed by atoms with Crippen LogP contribution in [0.1, 0.15) is 375 Å². The van der Waals surface area contributed by atoms with Crippen LogP contribution in [0.15, 0.2) is 0 Å². The van der Waals surface area contributed by atoms with Gasteiger partial charge in [-0.2, -0.15) is 0 Å². The van der Waals surface area contributed by atoms with Crippen LogP contribution in [-0.4, -0.2) is 96.7 Å². The van der Waals surface area contributed by atoms with Crippen molar-refractivity contribution in [3.05, 3.63) is 0 Å². The topological polar surface area (TPSA) is 237 Å². The van der Waals surface area contributed by atoms with Crippen molar-refractivity contribution in [1.29, 1.82) is 0 Å². The Hall–Kier alpha value is -1.94. The number of carbonyl (C=O) groups is 4. The second kappa shape index (κ2) is 65.0. The Morgan fingerprint density at radius 2 is 0.500 bits per heavy atom. The van der Waals surface area contributed by atoms with Gasteiger partial charge in [-0.05, 0) is 37.5 Å². The largest absolute Gasteiger partial charge is 0.472 e. The van der Waals surface area contributed by atoms with Gasteiger partial charge in [0.2, 0.25) is 0 Å². The number of aliphatic hydroxyl groups is 1. The highest BCUT2D eigenvalue weighted by Crippen LogP contribution is 2.45. The lowest BCUT2D eigenvalue weighted by atomic mass is 10.0. The summed E-state index contributed by atoms with van der Waals surface area (Å²) in [6, 6.07) is 0. The van der Waals surface area contributed by atoms with Crippen LogP contribution in [-0.2, 0) is 65.4 Å². The molecule has 19 heteroatoms. The molecule has 0 aliphatic heterocycles. The second-order valence-corrected chi connectivity index (χ2v) is 30.2. The number of phosphoric acid groups is 2. The molecule has 0 aromatic rings. The summed E-state index contributed by atoms with van der Waals surface area (Å²) in [7, 11) is -9.88. The Morgan fingerprint density at radius 1 is 0.293 bits per heavy atom. The zero-order valence-electron chi connectivity index (χ0n) is 59.9. The molecule has 5 atom stereocenters. The molecule has 0 fully saturated rings. The molecule has 0 aliphatic carbocycles. The van der Waals surface area contributed by atoms with Crippen molar-refractivity contribution in [2.45, 2.75) is 394 Å². The van der Waals surface area contributed by atoms with Gasteiger partial charge >= 0.3 is 39.5 Å². The molecule has 0 rings (SSSR count). The maximum Gasteiger partial charge on any atom is 0.472 e. The van der Waals surface area contributed by atoms with Gasteiger partial charge in [0.05, 0.1) is 26.4 Å². The number of aliphatic hydroxyl groups excluding tert-OH is 1. The van der Waals surface area contributed by atoms with Gasteiger partial charge in [-0.25, -0.2) is 9.13 Å². The number of ether oxygens (including phenoxy) is 4. The minimum atomic E-state index is -4.95. The summed E-state index contributed by atoms with van der Waals surface area (Å²) in [5.41, 5.74) is 0.